The maximum Gasteiger partial charge on any atom is 0.261 e. The minimum absolute atomic E-state index is 0.0188. The average molecular weight is 404 g/mol. The van der Waals surface area contributed by atoms with E-state index in [4.69, 9.17) is 0 Å². The van der Waals surface area contributed by atoms with Crippen LogP contribution in [0.3, 0.4) is 0 Å². The maximum absolute atomic E-state index is 12.7. The van der Waals surface area contributed by atoms with Gasteiger partial charge in [-0.1, -0.05) is 38.1 Å². The van der Waals surface area contributed by atoms with Gasteiger partial charge in [-0.15, -0.1) is 0 Å². The Morgan fingerprint density at radius 1 is 1.07 bits per heavy atom. The molecular weight excluding hydrogens is 374 g/mol. The standard InChI is InChI=1S/C25H29N3O2/c1-17(2)19-11-13-21(14-12-19)27-24(29)20-9-7-18(8-10-20)15-28-16-26-23-6-4-3-5-22(23)25(28)30/h3-6,11-14,16-18,20H,7-10,15H2,1-2H3,(H,27,29). The molecule has 1 aliphatic carbocycles. The predicted molar refractivity (Wildman–Crippen MR) is 121 cm³/mol. The van der Waals surface area contributed by atoms with Crippen LogP contribution in [0.2, 0.25) is 0 Å². The van der Waals surface area contributed by atoms with Crippen molar-refractivity contribution in [3.63, 3.8) is 0 Å². The fourth-order valence-electron chi connectivity index (χ4n) is 4.32. The summed E-state index contributed by atoms with van der Waals surface area (Å²) < 4.78 is 1.73. The maximum atomic E-state index is 12.7. The highest BCUT2D eigenvalue weighted by molar-refractivity contribution is 5.92. The first kappa shape index (κ1) is 20.3. The normalized spacial score (nSPS) is 19.2. The van der Waals surface area contributed by atoms with Crippen LogP contribution in [0.5, 0.6) is 0 Å². The van der Waals surface area contributed by atoms with Gasteiger partial charge < -0.3 is 5.32 Å². The van der Waals surface area contributed by atoms with Crippen LogP contribution in [0.25, 0.3) is 10.9 Å². The molecule has 1 aliphatic rings. The molecule has 1 aromatic heterocycles. The lowest BCUT2D eigenvalue weighted by atomic mass is 9.81. The minimum Gasteiger partial charge on any atom is -0.326 e. The van der Waals surface area contributed by atoms with Gasteiger partial charge in [0.2, 0.25) is 5.91 Å². The van der Waals surface area contributed by atoms with Crippen LogP contribution in [0, 0.1) is 11.8 Å². The van der Waals surface area contributed by atoms with Gasteiger partial charge in [0.05, 0.1) is 17.2 Å². The lowest BCUT2D eigenvalue weighted by molar-refractivity contribution is -0.121. The van der Waals surface area contributed by atoms with Gasteiger partial charge in [0.1, 0.15) is 0 Å². The summed E-state index contributed by atoms with van der Waals surface area (Å²) in [7, 11) is 0. The molecule has 0 unspecified atom stereocenters. The number of anilines is 1. The highest BCUT2D eigenvalue weighted by Gasteiger charge is 2.27. The molecule has 3 aromatic rings. The van der Waals surface area contributed by atoms with Gasteiger partial charge in [-0.25, -0.2) is 4.98 Å². The van der Waals surface area contributed by atoms with Crippen LogP contribution < -0.4 is 10.9 Å². The molecule has 2 aromatic carbocycles. The number of rotatable bonds is 5. The summed E-state index contributed by atoms with van der Waals surface area (Å²) in [6, 6.07) is 15.6. The zero-order valence-corrected chi connectivity index (χ0v) is 17.7. The molecule has 5 heteroatoms. The number of carbonyl (C=O) groups is 1. The predicted octanol–water partition coefficient (Wildman–Crippen LogP) is 4.97. The van der Waals surface area contributed by atoms with Gasteiger partial charge in [0.25, 0.3) is 5.56 Å². The summed E-state index contributed by atoms with van der Waals surface area (Å²) in [5.41, 5.74) is 2.89. The molecule has 0 aliphatic heterocycles. The van der Waals surface area contributed by atoms with Crippen molar-refractivity contribution < 1.29 is 4.79 Å². The Labute approximate surface area is 177 Å². The molecule has 1 amide bonds. The van der Waals surface area contributed by atoms with E-state index in [1.165, 1.54) is 5.56 Å². The smallest absolute Gasteiger partial charge is 0.261 e. The fourth-order valence-corrected chi connectivity index (χ4v) is 4.32. The number of hydrogen-bond acceptors (Lipinski definition) is 3. The number of nitrogens with one attached hydrogen (secondary N) is 1. The molecule has 4 rings (SSSR count). The van der Waals surface area contributed by atoms with Gasteiger partial charge in [0, 0.05) is 18.2 Å². The molecule has 156 valence electrons. The third kappa shape index (κ3) is 4.45. The van der Waals surface area contributed by atoms with Crippen molar-refractivity contribution in [2.24, 2.45) is 11.8 Å². The molecule has 0 atom stereocenters. The highest BCUT2D eigenvalue weighted by Crippen LogP contribution is 2.30. The number of aromatic nitrogens is 2. The van der Waals surface area contributed by atoms with Crippen LogP contribution >= 0.6 is 0 Å². The van der Waals surface area contributed by atoms with Gasteiger partial charge in [-0.2, -0.15) is 0 Å². The zero-order chi connectivity index (χ0) is 21.1. The van der Waals surface area contributed by atoms with E-state index < -0.39 is 0 Å². The molecule has 1 saturated carbocycles. The first-order valence-electron chi connectivity index (χ1n) is 10.9. The van der Waals surface area contributed by atoms with Crippen molar-refractivity contribution in [2.75, 3.05) is 5.32 Å². The van der Waals surface area contributed by atoms with Crippen molar-refractivity contribution >= 4 is 22.5 Å². The van der Waals surface area contributed by atoms with Crippen molar-refractivity contribution in [3.05, 3.63) is 70.8 Å². The van der Waals surface area contributed by atoms with Crippen LogP contribution in [0.4, 0.5) is 5.69 Å². The van der Waals surface area contributed by atoms with E-state index in [0.29, 0.717) is 23.8 Å². The Morgan fingerprint density at radius 3 is 2.47 bits per heavy atom. The zero-order valence-electron chi connectivity index (χ0n) is 17.7. The second kappa shape index (κ2) is 8.82. The van der Waals surface area contributed by atoms with Gasteiger partial charge >= 0.3 is 0 Å². The number of para-hydroxylation sites is 1. The largest absolute Gasteiger partial charge is 0.326 e. The number of carbonyl (C=O) groups excluding carboxylic acids is 1. The van der Waals surface area contributed by atoms with Crippen LogP contribution in [0.1, 0.15) is 51.0 Å². The van der Waals surface area contributed by atoms with Gasteiger partial charge in [0.15, 0.2) is 0 Å². The monoisotopic (exact) mass is 403 g/mol. The molecule has 30 heavy (non-hydrogen) atoms. The Kier molecular flexibility index (Phi) is 5.98. The summed E-state index contributed by atoms with van der Waals surface area (Å²) in [4.78, 5) is 29.8. The number of amides is 1. The van der Waals surface area contributed by atoms with Gasteiger partial charge in [-0.3, -0.25) is 14.2 Å². The van der Waals surface area contributed by atoms with Crippen LogP contribution in [0.15, 0.2) is 59.7 Å². The highest BCUT2D eigenvalue weighted by atomic mass is 16.2. The molecular formula is C25H29N3O2. The van der Waals surface area contributed by atoms with E-state index in [1.807, 2.05) is 36.4 Å². The second-order valence-corrected chi connectivity index (χ2v) is 8.70. The topological polar surface area (TPSA) is 64.0 Å². The van der Waals surface area contributed by atoms with E-state index in [0.717, 1.165) is 36.9 Å². The Hall–Kier alpha value is -2.95. The molecule has 0 radical (unpaired) electrons. The summed E-state index contributed by atoms with van der Waals surface area (Å²) >= 11 is 0. The lowest BCUT2D eigenvalue weighted by Gasteiger charge is -2.28. The molecule has 0 spiro atoms. The third-order valence-corrected chi connectivity index (χ3v) is 6.25. The first-order chi connectivity index (χ1) is 14.5. The van der Waals surface area contributed by atoms with Crippen molar-refractivity contribution in [3.8, 4) is 0 Å². The summed E-state index contributed by atoms with van der Waals surface area (Å²) in [5.74, 6) is 1.03. The Bertz CT molecular complexity index is 1080. The Morgan fingerprint density at radius 2 is 1.77 bits per heavy atom. The molecule has 5 nitrogen and oxygen atoms in total. The van der Waals surface area contributed by atoms with E-state index in [1.54, 1.807) is 10.9 Å². The molecule has 1 N–H and O–H groups in total. The quantitative estimate of drug-likeness (QED) is 0.654. The van der Waals surface area contributed by atoms with Crippen molar-refractivity contribution in [1.29, 1.82) is 0 Å². The van der Waals surface area contributed by atoms with Crippen LogP contribution in [-0.2, 0) is 11.3 Å². The second-order valence-electron chi connectivity index (χ2n) is 8.70. The number of nitrogens with zero attached hydrogens (tertiary/aromatic N) is 2. The van der Waals surface area contributed by atoms with E-state index in [2.05, 4.69) is 36.3 Å². The van der Waals surface area contributed by atoms with E-state index in [-0.39, 0.29) is 17.4 Å². The SMILES string of the molecule is CC(C)c1ccc(NC(=O)C2CCC(Cn3cnc4ccccc4c3=O)CC2)cc1. The summed E-state index contributed by atoms with van der Waals surface area (Å²) in [6.07, 6.45) is 5.27. The van der Waals surface area contributed by atoms with E-state index in [9.17, 15) is 9.59 Å². The van der Waals surface area contributed by atoms with Crippen molar-refractivity contribution in [1.82, 2.24) is 9.55 Å². The molecule has 1 heterocycles. The van der Waals surface area contributed by atoms with Crippen molar-refractivity contribution in [2.45, 2.75) is 52.0 Å². The average Bonchev–Trinajstić information content (AvgIpc) is 2.77. The van der Waals surface area contributed by atoms with Gasteiger partial charge in [-0.05, 0) is 67.3 Å². The fraction of sp³-hybridized carbons (Fsp3) is 0.400. The number of fused-ring (bicyclic) bond motifs is 1. The van der Waals surface area contributed by atoms with E-state index >= 15 is 0 Å². The molecule has 0 saturated heterocycles. The molecule has 0 bridgehead atoms. The third-order valence-electron chi connectivity index (χ3n) is 6.25. The summed E-state index contributed by atoms with van der Waals surface area (Å²) in [6.45, 7) is 4.99. The Balaban J connectivity index is 1.33. The number of benzene rings is 2. The minimum atomic E-state index is 0.0188. The summed E-state index contributed by atoms with van der Waals surface area (Å²) in [5, 5.41) is 3.73. The lowest BCUT2D eigenvalue weighted by Crippen LogP contribution is -2.30. The molecule has 1 fully saturated rings. The van der Waals surface area contributed by atoms with Crippen LogP contribution in [-0.4, -0.2) is 15.5 Å². The first-order valence-corrected chi connectivity index (χ1v) is 10.9. The number of hydrogen-bond donors (Lipinski definition) is 1.